The minimum atomic E-state index is -1.34. The average Bonchev–Trinajstić information content (AvgIpc) is 3.42. The first-order valence-corrected chi connectivity index (χ1v) is 11.0. The molecule has 0 bridgehead atoms. The van der Waals surface area contributed by atoms with Crippen LogP contribution < -0.4 is 24.8 Å². The molecule has 4 amide bonds. The van der Waals surface area contributed by atoms with E-state index in [1.54, 1.807) is 49.4 Å². The number of carbonyl (C=O) groups excluding carboxylic acids is 3. The van der Waals surface area contributed by atoms with E-state index in [4.69, 9.17) is 14.2 Å². The van der Waals surface area contributed by atoms with Crippen LogP contribution in [0, 0.1) is 0 Å². The third kappa shape index (κ3) is 4.12. The largest absolute Gasteiger partial charge is 0.457 e. The Bertz CT molecular complexity index is 1290. The number of para-hydroxylation sites is 1. The molecule has 2 aliphatic heterocycles. The van der Waals surface area contributed by atoms with Crippen LogP contribution in [0.3, 0.4) is 0 Å². The van der Waals surface area contributed by atoms with Crippen LogP contribution >= 0.6 is 0 Å². The third-order valence-corrected chi connectivity index (χ3v) is 6.04. The first-order chi connectivity index (χ1) is 16.8. The normalized spacial score (nSPS) is 19.3. The smallest absolute Gasteiger partial charge is 0.326 e. The van der Waals surface area contributed by atoms with Crippen molar-refractivity contribution >= 4 is 23.5 Å². The van der Waals surface area contributed by atoms with Gasteiger partial charge in [-0.25, -0.2) is 9.69 Å². The Balaban J connectivity index is 1.27. The molecule has 5 rings (SSSR count). The maximum atomic E-state index is 13.3. The number of imide groups is 1. The lowest BCUT2D eigenvalue weighted by Crippen LogP contribution is -2.47. The van der Waals surface area contributed by atoms with Gasteiger partial charge in [-0.2, -0.15) is 0 Å². The summed E-state index contributed by atoms with van der Waals surface area (Å²) in [6, 6.07) is 19.5. The topological polar surface area (TPSA) is 106 Å². The number of hydrogen-bond donors (Lipinski definition) is 2. The second kappa shape index (κ2) is 8.68. The minimum absolute atomic E-state index is 0.0957. The summed E-state index contributed by atoms with van der Waals surface area (Å²) in [6.07, 6.45) is 0. The number of nitrogens with one attached hydrogen (secondary N) is 2. The van der Waals surface area contributed by atoms with Gasteiger partial charge in [0.1, 0.15) is 23.1 Å². The van der Waals surface area contributed by atoms with Crippen LogP contribution in [0.2, 0.25) is 0 Å². The molecule has 9 heteroatoms. The molecule has 1 saturated heterocycles. The van der Waals surface area contributed by atoms with Gasteiger partial charge >= 0.3 is 6.03 Å². The maximum Gasteiger partial charge on any atom is 0.326 e. The molecule has 2 heterocycles. The quantitative estimate of drug-likeness (QED) is 0.524. The molecule has 3 aromatic carbocycles. The van der Waals surface area contributed by atoms with Crippen LogP contribution in [-0.4, -0.2) is 35.6 Å². The highest BCUT2D eigenvalue weighted by atomic mass is 16.7. The molecule has 0 saturated carbocycles. The molecular formula is C26H23N3O6. The Labute approximate surface area is 201 Å². The van der Waals surface area contributed by atoms with E-state index in [0.29, 0.717) is 34.2 Å². The van der Waals surface area contributed by atoms with Crippen LogP contribution in [0.1, 0.15) is 19.4 Å². The van der Waals surface area contributed by atoms with Crippen molar-refractivity contribution in [1.82, 2.24) is 10.2 Å². The minimum Gasteiger partial charge on any atom is -0.457 e. The third-order valence-electron chi connectivity index (χ3n) is 6.04. The fourth-order valence-electron chi connectivity index (χ4n) is 4.01. The monoisotopic (exact) mass is 473 g/mol. The fraction of sp³-hybridized carbons (Fsp3) is 0.192. The Kier molecular flexibility index (Phi) is 5.52. The Hall–Kier alpha value is -4.53. The number of anilines is 1. The molecule has 2 aliphatic rings. The highest BCUT2D eigenvalue weighted by molar-refractivity contribution is 6.11. The summed E-state index contributed by atoms with van der Waals surface area (Å²) in [7, 11) is 0. The van der Waals surface area contributed by atoms with Crippen LogP contribution in [0.5, 0.6) is 23.0 Å². The van der Waals surface area contributed by atoms with Gasteiger partial charge in [0.15, 0.2) is 11.5 Å². The Morgan fingerprint density at radius 1 is 1.00 bits per heavy atom. The van der Waals surface area contributed by atoms with Crippen molar-refractivity contribution in [3.05, 3.63) is 78.4 Å². The maximum absolute atomic E-state index is 13.3. The van der Waals surface area contributed by atoms with Crippen molar-refractivity contribution in [3.63, 3.8) is 0 Å². The lowest BCUT2D eigenvalue weighted by Gasteiger charge is -2.24. The van der Waals surface area contributed by atoms with Crippen molar-refractivity contribution in [2.75, 3.05) is 12.1 Å². The van der Waals surface area contributed by atoms with E-state index in [1.807, 2.05) is 30.3 Å². The molecule has 3 aromatic rings. The standard InChI is InChI=1S/C26H23N3O6/c1-16(23(30)27-18-9-11-20(12-10-18)35-19-6-4-3-5-7-19)29-24(31)26(2,28-25(29)32)17-8-13-21-22(14-17)34-15-33-21/h3-14,16H,15H2,1-2H3,(H,27,30)(H,28,32)/t16-,26+/m1/s1. The first-order valence-electron chi connectivity index (χ1n) is 11.0. The first kappa shape index (κ1) is 22.3. The van der Waals surface area contributed by atoms with Crippen LogP contribution in [0.25, 0.3) is 0 Å². The van der Waals surface area contributed by atoms with E-state index < -0.39 is 29.4 Å². The number of fused-ring (bicyclic) bond motifs is 1. The molecule has 35 heavy (non-hydrogen) atoms. The zero-order valence-corrected chi connectivity index (χ0v) is 19.1. The molecule has 0 spiro atoms. The number of benzene rings is 3. The highest BCUT2D eigenvalue weighted by Gasteiger charge is 2.52. The van der Waals surface area contributed by atoms with Gasteiger partial charge in [0.2, 0.25) is 12.7 Å². The number of ether oxygens (including phenoxy) is 3. The number of nitrogens with zero attached hydrogens (tertiary/aromatic N) is 1. The van der Waals surface area contributed by atoms with Crippen molar-refractivity contribution in [2.45, 2.75) is 25.4 Å². The number of hydrogen-bond acceptors (Lipinski definition) is 6. The molecular weight excluding hydrogens is 450 g/mol. The van der Waals surface area contributed by atoms with Gasteiger partial charge < -0.3 is 24.8 Å². The molecule has 0 aliphatic carbocycles. The molecule has 0 radical (unpaired) electrons. The van der Waals surface area contributed by atoms with Crippen molar-refractivity contribution in [1.29, 1.82) is 0 Å². The summed E-state index contributed by atoms with van der Waals surface area (Å²) in [5, 5.41) is 5.46. The Morgan fingerprint density at radius 3 is 2.43 bits per heavy atom. The summed E-state index contributed by atoms with van der Waals surface area (Å²) < 4.78 is 16.5. The van der Waals surface area contributed by atoms with E-state index >= 15 is 0 Å². The van der Waals surface area contributed by atoms with E-state index in [2.05, 4.69) is 10.6 Å². The van der Waals surface area contributed by atoms with E-state index in [9.17, 15) is 14.4 Å². The van der Waals surface area contributed by atoms with Gasteiger partial charge in [0.25, 0.3) is 5.91 Å². The molecule has 2 atom stereocenters. The number of rotatable bonds is 6. The molecule has 178 valence electrons. The van der Waals surface area contributed by atoms with Crippen LogP contribution in [-0.2, 0) is 15.1 Å². The summed E-state index contributed by atoms with van der Waals surface area (Å²) in [5.74, 6) is 1.34. The van der Waals surface area contributed by atoms with Crippen LogP contribution in [0.4, 0.5) is 10.5 Å². The molecule has 0 aromatic heterocycles. The zero-order valence-electron chi connectivity index (χ0n) is 19.1. The van der Waals surface area contributed by atoms with Gasteiger partial charge in [-0.05, 0) is 67.9 Å². The van der Waals surface area contributed by atoms with Gasteiger partial charge in [0, 0.05) is 5.69 Å². The summed E-state index contributed by atoms with van der Waals surface area (Å²) >= 11 is 0. The zero-order chi connectivity index (χ0) is 24.6. The number of carbonyl (C=O) groups is 3. The van der Waals surface area contributed by atoms with E-state index in [1.165, 1.54) is 6.92 Å². The van der Waals surface area contributed by atoms with Crippen LogP contribution in [0.15, 0.2) is 72.8 Å². The number of urea groups is 1. The lowest BCUT2D eigenvalue weighted by molar-refractivity contribution is -0.136. The van der Waals surface area contributed by atoms with E-state index in [0.717, 1.165) is 4.90 Å². The van der Waals surface area contributed by atoms with Gasteiger partial charge in [-0.1, -0.05) is 24.3 Å². The predicted octanol–water partition coefficient (Wildman–Crippen LogP) is 4.00. The van der Waals surface area contributed by atoms with E-state index in [-0.39, 0.29) is 6.79 Å². The van der Waals surface area contributed by atoms with Crippen molar-refractivity contribution in [2.24, 2.45) is 0 Å². The summed E-state index contributed by atoms with van der Waals surface area (Å²) in [4.78, 5) is 39.9. The van der Waals surface area contributed by atoms with Crippen molar-refractivity contribution < 1.29 is 28.6 Å². The molecule has 2 N–H and O–H groups in total. The second-order valence-corrected chi connectivity index (χ2v) is 8.40. The fourth-order valence-corrected chi connectivity index (χ4v) is 4.01. The molecule has 9 nitrogen and oxygen atoms in total. The highest BCUT2D eigenvalue weighted by Crippen LogP contribution is 2.38. The number of amides is 4. The summed E-state index contributed by atoms with van der Waals surface area (Å²) in [5.41, 5.74) is -0.305. The van der Waals surface area contributed by atoms with Crippen molar-refractivity contribution in [3.8, 4) is 23.0 Å². The molecule has 1 fully saturated rings. The lowest BCUT2D eigenvalue weighted by atomic mass is 9.91. The summed E-state index contributed by atoms with van der Waals surface area (Å²) in [6.45, 7) is 3.20. The predicted molar refractivity (Wildman–Crippen MR) is 126 cm³/mol. The van der Waals surface area contributed by atoms with Gasteiger partial charge in [-0.15, -0.1) is 0 Å². The Morgan fingerprint density at radius 2 is 1.69 bits per heavy atom. The molecule has 0 unspecified atom stereocenters. The second-order valence-electron chi connectivity index (χ2n) is 8.40. The van der Waals surface area contributed by atoms with Gasteiger partial charge in [-0.3, -0.25) is 9.59 Å². The average molecular weight is 473 g/mol. The SMILES string of the molecule is C[C@H](C(=O)Nc1ccc(Oc2ccccc2)cc1)N1C(=O)N[C@@](C)(c2ccc3c(c2)OCO3)C1=O. The van der Waals surface area contributed by atoms with Gasteiger partial charge in [0.05, 0.1) is 0 Å².